The van der Waals surface area contributed by atoms with Crippen LogP contribution in [0.2, 0.25) is 0 Å². The Morgan fingerprint density at radius 1 is 1.35 bits per heavy atom. The molecular weight excluding hydrogens is 222 g/mol. The van der Waals surface area contributed by atoms with Crippen LogP contribution in [0.1, 0.15) is 20.8 Å². The number of carbonyl (C=O) groups excluding carboxylic acids is 1. The molecular formula is C11H17N3O3. The fourth-order valence-corrected chi connectivity index (χ4v) is 1.00. The molecule has 0 aliphatic rings. The molecule has 0 atom stereocenters. The highest BCUT2D eigenvalue weighted by Crippen LogP contribution is 2.10. The van der Waals surface area contributed by atoms with Crippen molar-refractivity contribution >= 4 is 11.8 Å². The summed E-state index contributed by atoms with van der Waals surface area (Å²) < 4.78 is 9.96. The van der Waals surface area contributed by atoms with E-state index in [2.05, 4.69) is 15.8 Å². The van der Waals surface area contributed by atoms with Gasteiger partial charge in [-0.05, 0) is 26.8 Å². The van der Waals surface area contributed by atoms with Crippen molar-refractivity contribution in [2.75, 3.05) is 12.5 Å². The number of hydrogen-bond acceptors (Lipinski definition) is 5. The molecule has 0 aliphatic heterocycles. The molecule has 2 N–H and O–H groups in total. The molecule has 1 heterocycles. The summed E-state index contributed by atoms with van der Waals surface area (Å²) in [5.74, 6) is 0.507. The second-order valence-electron chi connectivity index (χ2n) is 4.34. The number of pyridine rings is 1. The van der Waals surface area contributed by atoms with Gasteiger partial charge in [0.15, 0.2) is 0 Å². The number of ether oxygens (including phenoxy) is 2. The fourth-order valence-electron chi connectivity index (χ4n) is 1.00. The number of amides is 1. The van der Waals surface area contributed by atoms with Crippen molar-refractivity contribution in [2.24, 2.45) is 0 Å². The maximum Gasteiger partial charge on any atom is 0.426 e. The second kappa shape index (κ2) is 5.38. The van der Waals surface area contributed by atoms with Crippen LogP contribution in [0.5, 0.6) is 5.88 Å². The quantitative estimate of drug-likeness (QED) is 0.789. The summed E-state index contributed by atoms with van der Waals surface area (Å²) in [5, 5.41) is 0. The number of hydrogen-bond donors (Lipinski definition) is 2. The third kappa shape index (κ3) is 5.05. The number of carbonyl (C=O) groups is 1. The highest BCUT2D eigenvalue weighted by molar-refractivity contribution is 5.69. The molecule has 0 fully saturated rings. The Morgan fingerprint density at radius 2 is 2.06 bits per heavy atom. The van der Waals surface area contributed by atoms with E-state index in [0.717, 1.165) is 0 Å². The standard InChI is InChI=1S/C11H17N3O3/c1-11(2,3)17-10(15)14-13-8-5-6-9(16-4)12-7-8/h5-7,13H,1-4H3,(H,14,15). The van der Waals surface area contributed by atoms with Crippen LogP contribution >= 0.6 is 0 Å². The molecule has 6 heteroatoms. The van der Waals surface area contributed by atoms with E-state index in [1.807, 2.05) is 0 Å². The number of nitrogens with zero attached hydrogens (tertiary/aromatic N) is 1. The van der Waals surface area contributed by atoms with Crippen molar-refractivity contribution in [3.8, 4) is 5.88 Å². The number of nitrogens with one attached hydrogen (secondary N) is 2. The predicted octanol–water partition coefficient (Wildman–Crippen LogP) is 1.94. The van der Waals surface area contributed by atoms with Gasteiger partial charge in [0.2, 0.25) is 5.88 Å². The summed E-state index contributed by atoms with van der Waals surface area (Å²) in [4.78, 5) is 15.3. The van der Waals surface area contributed by atoms with Gasteiger partial charge in [-0.2, -0.15) is 0 Å². The summed E-state index contributed by atoms with van der Waals surface area (Å²) >= 11 is 0. The zero-order valence-electron chi connectivity index (χ0n) is 10.4. The molecule has 1 aromatic heterocycles. The van der Waals surface area contributed by atoms with Gasteiger partial charge in [0, 0.05) is 6.07 Å². The van der Waals surface area contributed by atoms with Gasteiger partial charge in [-0.15, -0.1) is 0 Å². The van der Waals surface area contributed by atoms with Crippen molar-refractivity contribution in [2.45, 2.75) is 26.4 Å². The first kappa shape index (κ1) is 13.1. The van der Waals surface area contributed by atoms with Gasteiger partial charge in [-0.3, -0.25) is 5.43 Å². The minimum atomic E-state index is -0.548. The minimum absolute atomic E-state index is 0.507. The van der Waals surface area contributed by atoms with Crippen LogP contribution in [0.4, 0.5) is 10.5 Å². The Balaban J connectivity index is 2.42. The summed E-state index contributed by atoms with van der Waals surface area (Å²) in [5.41, 5.74) is 5.19. The minimum Gasteiger partial charge on any atom is -0.481 e. The van der Waals surface area contributed by atoms with E-state index in [0.29, 0.717) is 11.6 Å². The van der Waals surface area contributed by atoms with Gasteiger partial charge in [0.25, 0.3) is 0 Å². The molecule has 1 aromatic rings. The highest BCUT2D eigenvalue weighted by Gasteiger charge is 2.15. The number of aromatic nitrogens is 1. The zero-order valence-corrected chi connectivity index (χ0v) is 10.4. The smallest absolute Gasteiger partial charge is 0.426 e. The first-order chi connectivity index (χ1) is 7.90. The highest BCUT2D eigenvalue weighted by atomic mass is 16.6. The molecule has 6 nitrogen and oxygen atoms in total. The van der Waals surface area contributed by atoms with Gasteiger partial charge >= 0.3 is 6.09 Å². The van der Waals surface area contributed by atoms with Gasteiger partial charge in [0.05, 0.1) is 19.0 Å². The molecule has 17 heavy (non-hydrogen) atoms. The van der Waals surface area contributed by atoms with Crippen LogP contribution < -0.4 is 15.6 Å². The van der Waals surface area contributed by atoms with E-state index >= 15 is 0 Å². The van der Waals surface area contributed by atoms with E-state index in [1.165, 1.54) is 13.3 Å². The number of hydrazine groups is 1. The summed E-state index contributed by atoms with van der Waals surface area (Å²) in [6.45, 7) is 5.38. The predicted molar refractivity (Wildman–Crippen MR) is 63.8 cm³/mol. The van der Waals surface area contributed by atoms with Crippen LogP contribution in [-0.4, -0.2) is 23.8 Å². The van der Waals surface area contributed by atoms with Crippen molar-refractivity contribution < 1.29 is 14.3 Å². The zero-order chi connectivity index (χ0) is 12.9. The number of anilines is 1. The van der Waals surface area contributed by atoms with Crippen molar-refractivity contribution in [1.29, 1.82) is 0 Å². The van der Waals surface area contributed by atoms with Gasteiger partial charge in [-0.25, -0.2) is 15.2 Å². The van der Waals surface area contributed by atoms with Crippen LogP contribution in [0.15, 0.2) is 18.3 Å². The second-order valence-corrected chi connectivity index (χ2v) is 4.34. The molecule has 94 valence electrons. The van der Waals surface area contributed by atoms with E-state index in [-0.39, 0.29) is 0 Å². The van der Waals surface area contributed by atoms with Crippen molar-refractivity contribution in [1.82, 2.24) is 10.4 Å². The first-order valence-electron chi connectivity index (χ1n) is 5.16. The maximum absolute atomic E-state index is 11.3. The lowest BCUT2D eigenvalue weighted by Crippen LogP contribution is -2.35. The molecule has 0 spiro atoms. The van der Waals surface area contributed by atoms with Crippen LogP contribution in [0.3, 0.4) is 0 Å². The number of methoxy groups -OCH3 is 1. The molecule has 0 saturated carbocycles. The molecule has 0 aromatic carbocycles. The Kier molecular flexibility index (Phi) is 4.14. The van der Waals surface area contributed by atoms with E-state index in [9.17, 15) is 4.79 Å². The lowest BCUT2D eigenvalue weighted by Gasteiger charge is -2.20. The van der Waals surface area contributed by atoms with Crippen LogP contribution in [0.25, 0.3) is 0 Å². The van der Waals surface area contributed by atoms with Gasteiger partial charge in [0.1, 0.15) is 5.60 Å². The Hall–Kier alpha value is -1.98. The monoisotopic (exact) mass is 239 g/mol. The first-order valence-corrected chi connectivity index (χ1v) is 5.16. The Bertz CT molecular complexity index is 371. The molecule has 0 bridgehead atoms. The lowest BCUT2D eigenvalue weighted by molar-refractivity contribution is 0.0541. The normalized spacial score (nSPS) is 10.6. The fraction of sp³-hybridized carbons (Fsp3) is 0.455. The topological polar surface area (TPSA) is 72.5 Å². The molecule has 0 radical (unpaired) electrons. The van der Waals surface area contributed by atoms with Crippen molar-refractivity contribution in [3.63, 3.8) is 0 Å². The largest absolute Gasteiger partial charge is 0.481 e. The average Bonchev–Trinajstić information content (AvgIpc) is 2.25. The summed E-state index contributed by atoms with van der Waals surface area (Å²) in [6, 6.07) is 3.41. The molecule has 1 amide bonds. The Morgan fingerprint density at radius 3 is 2.53 bits per heavy atom. The molecule has 0 unspecified atom stereocenters. The summed E-state index contributed by atoms with van der Waals surface area (Å²) in [7, 11) is 1.54. The number of rotatable bonds is 3. The van der Waals surface area contributed by atoms with Crippen LogP contribution in [-0.2, 0) is 4.74 Å². The van der Waals surface area contributed by atoms with E-state index < -0.39 is 11.7 Å². The molecule has 0 saturated heterocycles. The van der Waals surface area contributed by atoms with Crippen molar-refractivity contribution in [3.05, 3.63) is 18.3 Å². The maximum atomic E-state index is 11.3. The Labute approximate surface area is 100 Å². The molecule has 0 aliphatic carbocycles. The molecule has 1 rings (SSSR count). The van der Waals surface area contributed by atoms with E-state index in [4.69, 9.17) is 9.47 Å². The summed E-state index contributed by atoms with van der Waals surface area (Å²) in [6.07, 6.45) is 0.990. The lowest BCUT2D eigenvalue weighted by atomic mass is 10.2. The van der Waals surface area contributed by atoms with Crippen LogP contribution in [0, 0.1) is 0 Å². The third-order valence-electron chi connectivity index (χ3n) is 1.65. The van der Waals surface area contributed by atoms with Gasteiger partial charge in [-0.1, -0.05) is 0 Å². The average molecular weight is 239 g/mol. The van der Waals surface area contributed by atoms with Gasteiger partial charge < -0.3 is 9.47 Å². The van der Waals surface area contributed by atoms with E-state index in [1.54, 1.807) is 32.9 Å². The third-order valence-corrected chi connectivity index (χ3v) is 1.65. The SMILES string of the molecule is COc1ccc(NNC(=O)OC(C)(C)C)cn1.